The van der Waals surface area contributed by atoms with E-state index >= 15 is 0 Å². The molecule has 0 bridgehead atoms. The van der Waals surface area contributed by atoms with Crippen LogP contribution in [0.1, 0.15) is 18.4 Å². The zero-order chi connectivity index (χ0) is 11.7. The third kappa shape index (κ3) is 2.42. The summed E-state index contributed by atoms with van der Waals surface area (Å²) in [4.78, 5) is 10.5. The lowest BCUT2D eigenvalue weighted by molar-refractivity contribution is 0.557. The molecule has 1 saturated carbocycles. The summed E-state index contributed by atoms with van der Waals surface area (Å²) in [5.41, 5.74) is 1.13. The Morgan fingerprint density at radius 3 is 2.82 bits per heavy atom. The highest BCUT2D eigenvalue weighted by molar-refractivity contribution is 6.29. The Hall–Kier alpha value is -1.55. The van der Waals surface area contributed by atoms with Gasteiger partial charge in [-0.1, -0.05) is 17.7 Å². The summed E-state index contributed by atoms with van der Waals surface area (Å²) in [6, 6.07) is 4.38. The zero-order valence-corrected chi connectivity index (χ0v) is 9.97. The number of rotatable bonds is 4. The Morgan fingerprint density at radius 2 is 2.24 bits per heavy atom. The maximum atomic E-state index is 5.77. The molecule has 1 aliphatic carbocycles. The lowest BCUT2D eigenvalue weighted by Gasteiger charge is -2.21. The van der Waals surface area contributed by atoms with E-state index in [4.69, 9.17) is 16.0 Å². The van der Waals surface area contributed by atoms with E-state index in [0.29, 0.717) is 11.2 Å². The van der Waals surface area contributed by atoms with Crippen molar-refractivity contribution in [3.63, 3.8) is 0 Å². The van der Waals surface area contributed by atoms with Crippen LogP contribution in [0.2, 0.25) is 5.15 Å². The standard InChI is InChI=1S/C12H12ClN3O/c13-11-4-1-9(5-14-11)6-16(10-2-3-10)12-7-17-8-15-12/h1,4-5,7-8,10H,2-3,6H2. The number of hydrogen-bond acceptors (Lipinski definition) is 4. The quantitative estimate of drug-likeness (QED) is 0.782. The SMILES string of the molecule is Clc1ccc(CN(c2cocn2)C2CC2)cn1. The molecule has 0 atom stereocenters. The van der Waals surface area contributed by atoms with E-state index in [1.54, 1.807) is 12.5 Å². The van der Waals surface area contributed by atoms with Crippen molar-refractivity contribution in [1.82, 2.24) is 9.97 Å². The fourth-order valence-corrected chi connectivity index (χ4v) is 1.94. The highest BCUT2D eigenvalue weighted by atomic mass is 35.5. The van der Waals surface area contributed by atoms with Crippen molar-refractivity contribution in [2.45, 2.75) is 25.4 Å². The number of nitrogens with zero attached hydrogens (tertiary/aromatic N) is 3. The Bertz CT molecular complexity index is 479. The number of pyridine rings is 1. The van der Waals surface area contributed by atoms with Crippen molar-refractivity contribution < 1.29 is 4.42 Å². The van der Waals surface area contributed by atoms with Gasteiger partial charge in [0.05, 0.1) is 0 Å². The monoisotopic (exact) mass is 249 g/mol. The summed E-state index contributed by atoms with van der Waals surface area (Å²) >= 11 is 5.77. The Kier molecular flexibility index (Phi) is 2.73. The van der Waals surface area contributed by atoms with Gasteiger partial charge in [0.25, 0.3) is 0 Å². The van der Waals surface area contributed by atoms with Crippen LogP contribution in [0.5, 0.6) is 0 Å². The Balaban J connectivity index is 1.79. The maximum Gasteiger partial charge on any atom is 0.182 e. The first-order valence-electron chi connectivity index (χ1n) is 5.58. The Morgan fingerprint density at radius 1 is 1.35 bits per heavy atom. The van der Waals surface area contributed by atoms with Crippen LogP contribution in [-0.2, 0) is 6.54 Å². The highest BCUT2D eigenvalue weighted by Crippen LogP contribution is 2.32. The molecule has 88 valence electrons. The summed E-state index contributed by atoms with van der Waals surface area (Å²) in [5, 5.41) is 0.521. The molecule has 0 aromatic carbocycles. The summed E-state index contributed by atoms with van der Waals surface area (Å²) < 4.78 is 5.04. The molecule has 1 fully saturated rings. The van der Waals surface area contributed by atoms with E-state index < -0.39 is 0 Å². The minimum absolute atomic E-state index is 0.521. The second-order valence-corrected chi connectivity index (χ2v) is 4.58. The summed E-state index contributed by atoms with van der Waals surface area (Å²) in [6.07, 6.45) is 7.38. The summed E-state index contributed by atoms with van der Waals surface area (Å²) in [6.45, 7) is 0.793. The molecule has 2 aromatic heterocycles. The molecule has 0 amide bonds. The normalized spacial score (nSPS) is 14.9. The highest BCUT2D eigenvalue weighted by Gasteiger charge is 2.30. The van der Waals surface area contributed by atoms with Gasteiger partial charge in [0.15, 0.2) is 12.2 Å². The van der Waals surface area contributed by atoms with E-state index in [-0.39, 0.29) is 0 Å². The van der Waals surface area contributed by atoms with Gasteiger partial charge in [-0.15, -0.1) is 0 Å². The van der Waals surface area contributed by atoms with Crippen LogP contribution in [-0.4, -0.2) is 16.0 Å². The van der Waals surface area contributed by atoms with Crippen molar-refractivity contribution in [2.24, 2.45) is 0 Å². The smallest absolute Gasteiger partial charge is 0.182 e. The number of aromatic nitrogens is 2. The van der Waals surface area contributed by atoms with Gasteiger partial charge in [-0.3, -0.25) is 0 Å². The van der Waals surface area contributed by atoms with Crippen LogP contribution < -0.4 is 4.90 Å². The molecule has 0 aliphatic heterocycles. The van der Waals surface area contributed by atoms with Gasteiger partial charge in [0, 0.05) is 18.8 Å². The number of hydrogen-bond donors (Lipinski definition) is 0. The van der Waals surface area contributed by atoms with E-state index in [0.717, 1.165) is 17.9 Å². The average Bonchev–Trinajstić information content (AvgIpc) is 3.03. The first kappa shape index (κ1) is 10.6. The van der Waals surface area contributed by atoms with Gasteiger partial charge in [0.1, 0.15) is 11.4 Å². The van der Waals surface area contributed by atoms with Gasteiger partial charge in [0.2, 0.25) is 0 Å². The largest absolute Gasteiger partial charge is 0.449 e. The second-order valence-electron chi connectivity index (χ2n) is 4.19. The molecule has 0 saturated heterocycles. The van der Waals surface area contributed by atoms with Crippen LogP contribution in [0.4, 0.5) is 5.82 Å². The molecule has 3 rings (SSSR count). The molecule has 2 aromatic rings. The predicted octanol–water partition coefficient (Wildman–Crippen LogP) is 2.89. The molecule has 5 heteroatoms. The van der Waals surface area contributed by atoms with Gasteiger partial charge in [-0.2, -0.15) is 4.98 Å². The molecule has 0 N–H and O–H groups in total. The number of halogens is 1. The van der Waals surface area contributed by atoms with E-state index in [2.05, 4.69) is 14.9 Å². The lowest BCUT2D eigenvalue weighted by Crippen LogP contribution is -2.25. The molecule has 0 radical (unpaired) electrons. The first-order chi connectivity index (χ1) is 8.33. The maximum absolute atomic E-state index is 5.77. The molecule has 4 nitrogen and oxygen atoms in total. The van der Waals surface area contributed by atoms with Gasteiger partial charge < -0.3 is 9.32 Å². The average molecular weight is 250 g/mol. The summed E-state index contributed by atoms with van der Waals surface area (Å²) in [5.74, 6) is 0.891. The molecular formula is C12H12ClN3O. The van der Waals surface area contributed by atoms with Crippen LogP contribution in [0, 0.1) is 0 Å². The van der Waals surface area contributed by atoms with Crippen molar-refractivity contribution >= 4 is 17.4 Å². The van der Waals surface area contributed by atoms with Crippen LogP contribution in [0.25, 0.3) is 0 Å². The topological polar surface area (TPSA) is 42.2 Å². The van der Waals surface area contributed by atoms with Crippen LogP contribution >= 0.6 is 11.6 Å². The van der Waals surface area contributed by atoms with Crippen molar-refractivity contribution in [3.05, 3.63) is 41.7 Å². The van der Waals surface area contributed by atoms with E-state index in [1.807, 2.05) is 12.1 Å². The van der Waals surface area contributed by atoms with E-state index in [9.17, 15) is 0 Å². The predicted molar refractivity (Wildman–Crippen MR) is 65.0 cm³/mol. The molecule has 2 heterocycles. The molecular weight excluding hydrogens is 238 g/mol. The minimum Gasteiger partial charge on any atom is -0.449 e. The second kappa shape index (κ2) is 4.37. The van der Waals surface area contributed by atoms with Crippen molar-refractivity contribution in [2.75, 3.05) is 4.90 Å². The third-order valence-electron chi connectivity index (χ3n) is 2.84. The number of anilines is 1. The van der Waals surface area contributed by atoms with Gasteiger partial charge in [-0.05, 0) is 24.5 Å². The van der Waals surface area contributed by atoms with Crippen molar-refractivity contribution in [3.8, 4) is 0 Å². The first-order valence-corrected chi connectivity index (χ1v) is 5.96. The van der Waals surface area contributed by atoms with Gasteiger partial charge >= 0.3 is 0 Å². The fraction of sp³-hybridized carbons (Fsp3) is 0.333. The molecule has 0 unspecified atom stereocenters. The van der Waals surface area contributed by atoms with E-state index in [1.165, 1.54) is 19.2 Å². The molecule has 0 spiro atoms. The zero-order valence-electron chi connectivity index (χ0n) is 9.21. The Labute approximate surface area is 104 Å². The van der Waals surface area contributed by atoms with Crippen LogP contribution in [0.15, 0.2) is 35.4 Å². The minimum atomic E-state index is 0.521. The van der Waals surface area contributed by atoms with Crippen LogP contribution in [0.3, 0.4) is 0 Å². The third-order valence-corrected chi connectivity index (χ3v) is 3.07. The van der Waals surface area contributed by atoms with Gasteiger partial charge in [-0.25, -0.2) is 4.98 Å². The van der Waals surface area contributed by atoms with Crippen molar-refractivity contribution in [1.29, 1.82) is 0 Å². The fourth-order valence-electron chi connectivity index (χ4n) is 1.83. The lowest BCUT2D eigenvalue weighted by atomic mass is 10.2. The molecule has 17 heavy (non-hydrogen) atoms. The number of oxazole rings is 1. The molecule has 1 aliphatic rings. The summed E-state index contributed by atoms with van der Waals surface area (Å²) in [7, 11) is 0.